The van der Waals surface area contributed by atoms with E-state index in [1.165, 1.54) is 6.08 Å². The minimum atomic E-state index is 0.127. The van der Waals surface area contributed by atoms with Crippen LogP contribution in [0.25, 0.3) is 0 Å². The first-order valence-corrected chi connectivity index (χ1v) is 12.6. The van der Waals surface area contributed by atoms with Crippen LogP contribution in [0.15, 0.2) is 52.1 Å². The third kappa shape index (κ3) is 10.2. The molecule has 9 heteroatoms. The van der Waals surface area contributed by atoms with E-state index in [2.05, 4.69) is 12.1 Å². The monoisotopic (exact) mass is 547 g/mol. The predicted molar refractivity (Wildman–Crippen MR) is 141 cm³/mol. The molecule has 0 saturated heterocycles. The normalized spacial score (nSPS) is 11.2. The largest absolute Gasteiger partial charge is 0.493 e. The maximum absolute atomic E-state index is 6.28. The van der Waals surface area contributed by atoms with Crippen molar-refractivity contribution in [2.45, 2.75) is 39.5 Å². The van der Waals surface area contributed by atoms with Crippen LogP contribution in [-0.4, -0.2) is 32.1 Å². The van der Waals surface area contributed by atoms with E-state index in [1.54, 1.807) is 12.1 Å². The third-order valence-corrected chi connectivity index (χ3v) is 5.39. The zero-order chi connectivity index (χ0) is 24.8. The molecule has 2 aromatic carbocycles. The van der Waals surface area contributed by atoms with Crippen LogP contribution >= 0.6 is 46.4 Å². The predicted octanol–water partition coefficient (Wildman–Crippen LogP) is 8.47. The van der Waals surface area contributed by atoms with Crippen LogP contribution in [0.1, 0.15) is 45.1 Å². The molecule has 0 heterocycles. The van der Waals surface area contributed by atoms with E-state index in [4.69, 9.17) is 65.5 Å². The summed E-state index contributed by atoms with van der Waals surface area (Å²) in [5, 5.41) is 4.96. The van der Waals surface area contributed by atoms with Gasteiger partial charge in [0.15, 0.2) is 5.75 Å². The molecule has 2 aromatic rings. The van der Waals surface area contributed by atoms with E-state index in [1.807, 2.05) is 31.2 Å². The summed E-state index contributed by atoms with van der Waals surface area (Å²) in [5.41, 5.74) is 1.99. The van der Waals surface area contributed by atoms with Crippen molar-refractivity contribution in [3.8, 4) is 17.2 Å². The fourth-order valence-corrected chi connectivity index (χ4v) is 3.56. The minimum absolute atomic E-state index is 0.127. The lowest BCUT2D eigenvalue weighted by atomic mass is 10.0. The van der Waals surface area contributed by atoms with Crippen LogP contribution in [0.2, 0.25) is 10.0 Å². The quantitative estimate of drug-likeness (QED) is 0.127. The summed E-state index contributed by atoms with van der Waals surface area (Å²) in [4.78, 5) is 5.26. The Morgan fingerprint density at radius 2 is 1.56 bits per heavy atom. The Bertz CT molecular complexity index is 921. The lowest BCUT2D eigenvalue weighted by molar-refractivity contribution is 0.158. The number of nitrogens with zero attached hydrogens (tertiary/aromatic N) is 1. The van der Waals surface area contributed by atoms with Crippen molar-refractivity contribution in [2.75, 3.05) is 26.4 Å². The highest BCUT2D eigenvalue weighted by molar-refractivity contribution is 6.55. The van der Waals surface area contributed by atoms with E-state index >= 15 is 0 Å². The second-order valence-corrected chi connectivity index (χ2v) is 8.98. The first-order chi connectivity index (χ1) is 16.4. The summed E-state index contributed by atoms with van der Waals surface area (Å²) < 4.78 is 17.2. The summed E-state index contributed by atoms with van der Waals surface area (Å²) in [6.45, 7) is 5.71. The average Bonchev–Trinajstić information content (AvgIpc) is 2.81. The molecule has 186 valence electrons. The average molecular weight is 549 g/mol. The van der Waals surface area contributed by atoms with Gasteiger partial charge in [-0.3, -0.25) is 0 Å². The van der Waals surface area contributed by atoms with Gasteiger partial charge in [-0.15, -0.1) is 0 Å². The van der Waals surface area contributed by atoms with Gasteiger partial charge in [0.25, 0.3) is 0 Å². The third-order valence-electron chi connectivity index (χ3n) is 4.52. The highest BCUT2D eigenvalue weighted by Crippen LogP contribution is 2.37. The van der Waals surface area contributed by atoms with E-state index in [0.717, 1.165) is 36.3 Å². The second-order valence-electron chi connectivity index (χ2n) is 7.15. The summed E-state index contributed by atoms with van der Waals surface area (Å²) >= 11 is 23.7. The molecule has 2 rings (SSSR count). The molecule has 0 aromatic heterocycles. The van der Waals surface area contributed by atoms with Gasteiger partial charge in [-0.05, 0) is 55.7 Å². The number of hydrogen-bond acceptors (Lipinski definition) is 5. The molecule has 0 aliphatic heterocycles. The van der Waals surface area contributed by atoms with E-state index in [-0.39, 0.29) is 11.1 Å². The van der Waals surface area contributed by atoms with Gasteiger partial charge in [-0.25, -0.2) is 0 Å². The minimum Gasteiger partial charge on any atom is -0.493 e. The van der Waals surface area contributed by atoms with Crippen molar-refractivity contribution < 1.29 is 19.0 Å². The number of rotatable bonds is 15. The molecule has 0 aliphatic carbocycles. The molecule has 34 heavy (non-hydrogen) atoms. The van der Waals surface area contributed by atoms with Crippen molar-refractivity contribution >= 4 is 52.1 Å². The fraction of sp³-hybridized carbons (Fsp3) is 0.400. The van der Waals surface area contributed by atoms with Crippen LogP contribution in [0, 0.1) is 0 Å². The summed E-state index contributed by atoms with van der Waals surface area (Å²) in [5.74, 6) is 1.67. The molecule has 5 nitrogen and oxygen atoms in total. The summed E-state index contributed by atoms with van der Waals surface area (Å²) in [7, 11) is 0. The summed E-state index contributed by atoms with van der Waals surface area (Å²) in [6, 6.07) is 11.1. The lowest BCUT2D eigenvalue weighted by Crippen LogP contribution is -2.06. The molecule has 0 bridgehead atoms. The number of ether oxygens (including phenoxy) is 3. The Hall–Kier alpha value is -1.79. The van der Waals surface area contributed by atoms with Crippen LogP contribution in [0.5, 0.6) is 17.2 Å². The maximum Gasteiger partial charge on any atom is 0.156 e. The standard InChI is InChI=1S/C25H29Cl4NO4/c1-3-5-7-23(30-34-4-2)18-8-10-19(11-9-18)31-13-6-14-33-25-21(26)16-20(17-22(25)27)32-15-12-24(28)29/h8-12,16-17H,3-7,13-15H2,1-2H3. The molecule has 0 saturated carbocycles. The van der Waals surface area contributed by atoms with E-state index in [9.17, 15) is 0 Å². The van der Waals surface area contributed by atoms with Crippen LogP contribution < -0.4 is 14.2 Å². The Kier molecular flexibility index (Phi) is 13.4. The van der Waals surface area contributed by atoms with Gasteiger partial charge >= 0.3 is 0 Å². The Balaban J connectivity index is 1.81. The Labute approximate surface area is 221 Å². The van der Waals surface area contributed by atoms with Gasteiger partial charge in [0.1, 0.15) is 29.2 Å². The number of oxime groups is 1. The molecule has 0 unspecified atom stereocenters. The summed E-state index contributed by atoms with van der Waals surface area (Å²) in [6.07, 6.45) is 5.21. The smallest absolute Gasteiger partial charge is 0.156 e. The molecule has 0 spiro atoms. The van der Waals surface area contributed by atoms with Crippen molar-refractivity contribution in [1.82, 2.24) is 0 Å². The lowest BCUT2D eigenvalue weighted by Gasteiger charge is -2.13. The van der Waals surface area contributed by atoms with Crippen LogP contribution in [-0.2, 0) is 4.84 Å². The zero-order valence-corrected chi connectivity index (χ0v) is 22.3. The van der Waals surface area contributed by atoms with Crippen molar-refractivity contribution in [2.24, 2.45) is 5.16 Å². The fourth-order valence-electron chi connectivity index (χ4n) is 2.85. The van der Waals surface area contributed by atoms with Gasteiger partial charge in [-0.2, -0.15) is 0 Å². The second kappa shape index (κ2) is 16.0. The topological polar surface area (TPSA) is 49.3 Å². The molecule has 0 radical (unpaired) electrons. The van der Waals surface area contributed by atoms with Gasteiger partial charge in [0.2, 0.25) is 0 Å². The SMILES string of the molecule is CCCCC(=NOCC)c1ccc(OCCCOc2c(Cl)cc(OCC=C(Cl)Cl)cc2Cl)cc1. The van der Waals surface area contributed by atoms with Crippen molar-refractivity contribution in [3.05, 3.63) is 62.6 Å². The molecular weight excluding hydrogens is 520 g/mol. The molecule has 0 fully saturated rings. The van der Waals surface area contributed by atoms with Crippen LogP contribution in [0.3, 0.4) is 0 Å². The molecule has 0 atom stereocenters. The Morgan fingerprint density at radius 1 is 0.882 bits per heavy atom. The highest BCUT2D eigenvalue weighted by atomic mass is 35.5. The van der Waals surface area contributed by atoms with E-state index < -0.39 is 0 Å². The number of benzene rings is 2. The van der Waals surface area contributed by atoms with Crippen molar-refractivity contribution in [1.29, 1.82) is 0 Å². The van der Waals surface area contributed by atoms with Gasteiger partial charge in [-0.1, -0.05) is 64.9 Å². The van der Waals surface area contributed by atoms with Crippen LogP contribution in [0.4, 0.5) is 0 Å². The molecule has 0 N–H and O–H groups in total. The highest BCUT2D eigenvalue weighted by Gasteiger charge is 2.11. The molecular formula is C25H29Cl4NO4. The maximum atomic E-state index is 6.28. The Morgan fingerprint density at radius 3 is 2.18 bits per heavy atom. The number of halogens is 4. The number of unbranched alkanes of at least 4 members (excludes halogenated alkanes) is 1. The first kappa shape index (κ1) is 28.4. The molecule has 0 amide bonds. The van der Waals surface area contributed by atoms with Gasteiger partial charge in [0.05, 0.1) is 29.0 Å². The van der Waals surface area contributed by atoms with Gasteiger partial charge in [0, 0.05) is 18.6 Å². The van der Waals surface area contributed by atoms with Gasteiger partial charge < -0.3 is 19.0 Å². The number of hydrogen-bond donors (Lipinski definition) is 0. The molecule has 0 aliphatic rings. The van der Waals surface area contributed by atoms with Crippen molar-refractivity contribution in [3.63, 3.8) is 0 Å². The zero-order valence-electron chi connectivity index (χ0n) is 19.3. The van der Waals surface area contributed by atoms with E-state index in [0.29, 0.717) is 47.8 Å². The first-order valence-electron chi connectivity index (χ1n) is 11.1.